The number of sulfonamides is 1. The van der Waals surface area contributed by atoms with Gasteiger partial charge in [0.1, 0.15) is 10.7 Å². The van der Waals surface area contributed by atoms with Crippen molar-refractivity contribution in [2.24, 2.45) is 0 Å². The number of hydrogen-bond donors (Lipinski definition) is 2. The van der Waals surface area contributed by atoms with Crippen molar-refractivity contribution in [2.45, 2.75) is 18.4 Å². The Balaban J connectivity index is 2.26. The van der Waals surface area contributed by atoms with E-state index in [0.29, 0.717) is 6.54 Å². The zero-order valence-electron chi connectivity index (χ0n) is 11.2. The van der Waals surface area contributed by atoms with Crippen molar-refractivity contribution < 1.29 is 12.8 Å². The Bertz CT molecular complexity index is 732. The molecule has 0 fully saturated rings. The summed E-state index contributed by atoms with van der Waals surface area (Å²) in [4.78, 5) is 0.943. The minimum absolute atomic E-state index is 0.191. The standard InChI is InChI=1S/C13H14BrFN2O2S2/c1-2-16-8-12-13(5-6-20-12)21(18,19)17-9-3-4-10(14)11(15)7-9/h3-7,16-17H,2,8H2,1H3. The Hall–Kier alpha value is -0.960. The summed E-state index contributed by atoms with van der Waals surface area (Å²) in [5, 5.41) is 4.82. The van der Waals surface area contributed by atoms with Gasteiger partial charge in [0.25, 0.3) is 10.0 Å². The van der Waals surface area contributed by atoms with Gasteiger partial charge in [-0.15, -0.1) is 11.3 Å². The van der Waals surface area contributed by atoms with Crippen LogP contribution in [0.15, 0.2) is 39.0 Å². The highest BCUT2D eigenvalue weighted by Crippen LogP contribution is 2.26. The van der Waals surface area contributed by atoms with E-state index in [1.165, 1.54) is 23.5 Å². The molecule has 1 aromatic heterocycles. The highest BCUT2D eigenvalue weighted by molar-refractivity contribution is 9.10. The maximum atomic E-state index is 13.5. The van der Waals surface area contributed by atoms with E-state index in [-0.39, 0.29) is 15.1 Å². The zero-order valence-corrected chi connectivity index (χ0v) is 14.4. The average molecular weight is 393 g/mol. The molecule has 2 N–H and O–H groups in total. The van der Waals surface area contributed by atoms with Crippen molar-refractivity contribution in [1.82, 2.24) is 5.32 Å². The number of thiophene rings is 1. The Kier molecular flexibility index (Phi) is 5.37. The maximum absolute atomic E-state index is 13.5. The number of rotatable bonds is 6. The molecule has 2 aromatic rings. The predicted octanol–water partition coefficient (Wildman–Crippen LogP) is 3.56. The van der Waals surface area contributed by atoms with Crippen LogP contribution in [0.5, 0.6) is 0 Å². The molecule has 0 atom stereocenters. The first-order valence-corrected chi connectivity index (χ1v) is 9.34. The molecule has 4 nitrogen and oxygen atoms in total. The Morgan fingerprint density at radius 1 is 1.33 bits per heavy atom. The Morgan fingerprint density at radius 3 is 2.76 bits per heavy atom. The molecule has 0 saturated carbocycles. The summed E-state index contributed by atoms with van der Waals surface area (Å²) in [5.74, 6) is -0.520. The summed E-state index contributed by atoms with van der Waals surface area (Å²) in [6.45, 7) is 3.19. The van der Waals surface area contributed by atoms with E-state index in [1.54, 1.807) is 11.4 Å². The van der Waals surface area contributed by atoms with Crippen molar-refractivity contribution in [2.75, 3.05) is 11.3 Å². The molecular formula is C13H14BrFN2O2S2. The molecule has 0 spiro atoms. The smallest absolute Gasteiger partial charge is 0.263 e. The number of benzene rings is 1. The van der Waals surface area contributed by atoms with Crippen LogP contribution in [0.1, 0.15) is 11.8 Å². The Labute approximate surface area is 135 Å². The molecule has 114 valence electrons. The van der Waals surface area contributed by atoms with Crippen LogP contribution in [-0.4, -0.2) is 15.0 Å². The lowest BCUT2D eigenvalue weighted by Gasteiger charge is -2.09. The molecule has 0 bridgehead atoms. The number of halogens is 2. The van der Waals surface area contributed by atoms with E-state index < -0.39 is 15.8 Å². The summed E-state index contributed by atoms with van der Waals surface area (Å²) >= 11 is 4.40. The van der Waals surface area contributed by atoms with Crippen molar-refractivity contribution in [1.29, 1.82) is 0 Å². The van der Waals surface area contributed by atoms with Gasteiger partial charge in [0.15, 0.2) is 0 Å². The first kappa shape index (κ1) is 16.4. The van der Waals surface area contributed by atoms with Gasteiger partial charge in [-0.25, -0.2) is 12.8 Å². The second-order valence-electron chi connectivity index (χ2n) is 4.22. The molecule has 21 heavy (non-hydrogen) atoms. The van der Waals surface area contributed by atoms with Gasteiger partial charge in [0, 0.05) is 11.4 Å². The van der Waals surface area contributed by atoms with Crippen LogP contribution in [0.25, 0.3) is 0 Å². The molecule has 0 saturated heterocycles. The molecule has 0 aliphatic rings. The normalized spacial score (nSPS) is 11.6. The number of hydrogen-bond acceptors (Lipinski definition) is 4. The van der Waals surface area contributed by atoms with Gasteiger partial charge in [0.05, 0.1) is 10.2 Å². The molecule has 1 aromatic carbocycles. The SMILES string of the molecule is CCNCc1sccc1S(=O)(=O)Nc1ccc(Br)c(F)c1. The van der Waals surface area contributed by atoms with E-state index in [0.717, 1.165) is 17.5 Å². The second-order valence-corrected chi connectivity index (χ2v) is 7.73. The van der Waals surface area contributed by atoms with E-state index in [1.807, 2.05) is 6.92 Å². The van der Waals surface area contributed by atoms with Crippen LogP contribution in [0.4, 0.5) is 10.1 Å². The van der Waals surface area contributed by atoms with E-state index >= 15 is 0 Å². The minimum Gasteiger partial charge on any atom is -0.312 e. The van der Waals surface area contributed by atoms with E-state index in [2.05, 4.69) is 26.0 Å². The first-order valence-electron chi connectivity index (χ1n) is 6.19. The lowest BCUT2D eigenvalue weighted by Crippen LogP contribution is -2.17. The largest absolute Gasteiger partial charge is 0.312 e. The van der Waals surface area contributed by atoms with Crippen LogP contribution in [-0.2, 0) is 16.6 Å². The fourth-order valence-electron chi connectivity index (χ4n) is 1.71. The molecule has 8 heteroatoms. The van der Waals surface area contributed by atoms with E-state index in [4.69, 9.17) is 0 Å². The molecule has 1 heterocycles. The highest BCUT2D eigenvalue weighted by Gasteiger charge is 2.20. The third-order valence-electron chi connectivity index (χ3n) is 2.70. The van der Waals surface area contributed by atoms with Gasteiger partial charge in [-0.05, 0) is 52.1 Å². The van der Waals surface area contributed by atoms with Crippen LogP contribution >= 0.6 is 27.3 Å². The fourth-order valence-corrected chi connectivity index (χ4v) is 4.42. The number of anilines is 1. The topological polar surface area (TPSA) is 58.2 Å². The molecule has 0 unspecified atom stereocenters. The first-order chi connectivity index (χ1) is 9.94. The van der Waals surface area contributed by atoms with Crippen LogP contribution in [0.2, 0.25) is 0 Å². The third kappa shape index (κ3) is 4.03. The van der Waals surface area contributed by atoms with Gasteiger partial charge in [-0.3, -0.25) is 4.72 Å². The third-order valence-corrected chi connectivity index (χ3v) is 5.86. The fraction of sp³-hybridized carbons (Fsp3) is 0.231. The van der Waals surface area contributed by atoms with Gasteiger partial charge < -0.3 is 5.32 Å². The molecule has 0 aliphatic heterocycles. The summed E-state index contributed by atoms with van der Waals surface area (Å²) in [5.41, 5.74) is 0.191. The summed E-state index contributed by atoms with van der Waals surface area (Å²) in [7, 11) is -3.72. The quantitative estimate of drug-likeness (QED) is 0.789. The molecule has 0 radical (unpaired) electrons. The van der Waals surface area contributed by atoms with Crippen LogP contribution < -0.4 is 10.0 Å². The lowest BCUT2D eigenvalue weighted by molar-refractivity contribution is 0.599. The van der Waals surface area contributed by atoms with Crippen molar-refractivity contribution in [3.05, 3.63) is 44.8 Å². The van der Waals surface area contributed by atoms with Crippen LogP contribution in [0, 0.1) is 5.82 Å². The molecule has 0 amide bonds. The summed E-state index contributed by atoms with van der Waals surface area (Å²) < 4.78 is 40.9. The second kappa shape index (κ2) is 6.87. The molecule has 0 aliphatic carbocycles. The minimum atomic E-state index is -3.72. The van der Waals surface area contributed by atoms with Gasteiger partial charge in [-0.1, -0.05) is 6.92 Å². The van der Waals surface area contributed by atoms with Crippen molar-refractivity contribution in [3.8, 4) is 0 Å². The van der Waals surface area contributed by atoms with E-state index in [9.17, 15) is 12.8 Å². The molecular weight excluding hydrogens is 379 g/mol. The maximum Gasteiger partial charge on any atom is 0.263 e. The monoisotopic (exact) mass is 392 g/mol. The van der Waals surface area contributed by atoms with Crippen molar-refractivity contribution >= 4 is 43.0 Å². The van der Waals surface area contributed by atoms with Gasteiger partial charge in [-0.2, -0.15) is 0 Å². The average Bonchev–Trinajstić information content (AvgIpc) is 2.89. The van der Waals surface area contributed by atoms with Gasteiger partial charge >= 0.3 is 0 Å². The summed E-state index contributed by atoms with van der Waals surface area (Å²) in [6.07, 6.45) is 0. The zero-order chi connectivity index (χ0) is 15.5. The van der Waals surface area contributed by atoms with Crippen molar-refractivity contribution in [3.63, 3.8) is 0 Å². The lowest BCUT2D eigenvalue weighted by atomic mass is 10.3. The molecule has 2 rings (SSSR count). The van der Waals surface area contributed by atoms with Crippen LogP contribution in [0.3, 0.4) is 0 Å². The number of nitrogens with one attached hydrogen (secondary N) is 2. The highest BCUT2D eigenvalue weighted by atomic mass is 79.9. The Morgan fingerprint density at radius 2 is 2.10 bits per heavy atom. The predicted molar refractivity (Wildman–Crippen MR) is 86.6 cm³/mol. The summed E-state index contributed by atoms with van der Waals surface area (Å²) in [6, 6.07) is 5.65. The van der Waals surface area contributed by atoms with Gasteiger partial charge in [0.2, 0.25) is 0 Å².